The minimum absolute atomic E-state index is 0.0264. The van der Waals surface area contributed by atoms with Crippen LogP contribution < -0.4 is 10.9 Å². The lowest BCUT2D eigenvalue weighted by Crippen LogP contribution is -2.24. The first-order chi connectivity index (χ1) is 21.2. The number of ether oxygens (including phenoxy) is 2. The molecule has 0 spiro atoms. The molecule has 2 heterocycles. The number of carboxylic acids is 1. The summed E-state index contributed by atoms with van der Waals surface area (Å²) in [6.07, 6.45) is 0.339. The number of carbonyl (C=O) groups excluding carboxylic acids is 1. The van der Waals surface area contributed by atoms with Gasteiger partial charge in [-0.2, -0.15) is 10.2 Å². The molecule has 242 valence electrons. The van der Waals surface area contributed by atoms with Crippen molar-refractivity contribution in [2.24, 2.45) is 0 Å². The molecule has 11 nitrogen and oxygen atoms in total. The van der Waals surface area contributed by atoms with Crippen molar-refractivity contribution in [2.75, 3.05) is 13.2 Å². The summed E-state index contributed by atoms with van der Waals surface area (Å²) < 4.78 is 14.6. The lowest BCUT2D eigenvalue weighted by atomic mass is 10.2. The van der Waals surface area contributed by atoms with E-state index >= 15 is 0 Å². The number of benzene rings is 2. The SMILES string of the molecule is C[Si](C)(C)CCOCn1nc(CC(=O)O)c(=O)c2ccccc21.C[Si](C)(C)CCOCn1nc(CC=O)c(=O)c2ccccc21. The van der Waals surface area contributed by atoms with Crippen molar-refractivity contribution in [2.45, 2.75) is 77.7 Å². The van der Waals surface area contributed by atoms with Gasteiger partial charge in [-0.1, -0.05) is 63.5 Å². The van der Waals surface area contributed by atoms with E-state index in [0.717, 1.165) is 17.6 Å². The molecule has 1 N–H and O–H groups in total. The van der Waals surface area contributed by atoms with E-state index in [1.807, 2.05) is 24.3 Å². The van der Waals surface area contributed by atoms with Gasteiger partial charge in [-0.3, -0.25) is 14.4 Å². The highest BCUT2D eigenvalue weighted by Gasteiger charge is 2.16. The third-order valence-corrected chi connectivity index (χ3v) is 10.3. The maximum Gasteiger partial charge on any atom is 0.309 e. The molecule has 4 rings (SSSR count). The summed E-state index contributed by atoms with van der Waals surface area (Å²) in [6.45, 7) is 15.5. The van der Waals surface area contributed by atoms with E-state index < -0.39 is 28.5 Å². The molecule has 0 amide bonds. The number of aliphatic carboxylic acids is 1. The van der Waals surface area contributed by atoms with Crippen LogP contribution in [0.5, 0.6) is 0 Å². The van der Waals surface area contributed by atoms with Crippen molar-refractivity contribution < 1.29 is 24.2 Å². The first kappa shape index (κ1) is 35.7. The molecule has 0 aliphatic carbocycles. The minimum atomic E-state index is -1.17. The Morgan fingerprint density at radius 2 is 1.18 bits per heavy atom. The van der Waals surface area contributed by atoms with Crippen LogP contribution in [0.15, 0.2) is 58.1 Å². The van der Waals surface area contributed by atoms with Crippen LogP contribution in [0.25, 0.3) is 21.8 Å². The summed E-state index contributed by atoms with van der Waals surface area (Å²) in [4.78, 5) is 46.2. The fourth-order valence-corrected chi connectivity index (χ4v) is 5.82. The van der Waals surface area contributed by atoms with E-state index in [9.17, 15) is 19.2 Å². The summed E-state index contributed by atoms with van der Waals surface area (Å²) in [7, 11) is -2.31. The third kappa shape index (κ3) is 11.0. The summed E-state index contributed by atoms with van der Waals surface area (Å²) >= 11 is 0. The van der Waals surface area contributed by atoms with Crippen LogP contribution in [0, 0.1) is 0 Å². The molecule has 4 aromatic rings. The Labute approximate surface area is 264 Å². The van der Waals surface area contributed by atoms with E-state index in [1.54, 1.807) is 33.6 Å². The maximum absolute atomic E-state index is 12.3. The molecule has 0 bridgehead atoms. The average Bonchev–Trinajstić information content (AvgIpc) is 2.97. The second kappa shape index (κ2) is 16.0. The molecular weight excluding hydrogens is 609 g/mol. The average molecular weight is 653 g/mol. The minimum Gasteiger partial charge on any atom is -0.481 e. The van der Waals surface area contributed by atoms with Gasteiger partial charge in [0.2, 0.25) is 10.9 Å². The van der Waals surface area contributed by atoms with Crippen molar-refractivity contribution in [1.82, 2.24) is 19.6 Å². The first-order valence-electron chi connectivity index (χ1n) is 15.0. The van der Waals surface area contributed by atoms with Crippen LogP contribution in [0.1, 0.15) is 11.4 Å². The van der Waals surface area contributed by atoms with Gasteiger partial charge in [-0.05, 0) is 36.4 Å². The van der Waals surface area contributed by atoms with Gasteiger partial charge in [0.15, 0.2) is 0 Å². The van der Waals surface area contributed by atoms with E-state index in [-0.39, 0.29) is 42.1 Å². The summed E-state index contributed by atoms with van der Waals surface area (Å²) in [5.41, 5.74) is 1.17. The molecule has 0 saturated carbocycles. The molecule has 2 aromatic carbocycles. The van der Waals surface area contributed by atoms with Gasteiger partial charge in [0.05, 0.1) is 23.9 Å². The topological polar surface area (TPSA) is 143 Å². The lowest BCUT2D eigenvalue weighted by Gasteiger charge is -2.16. The Kier molecular flexibility index (Phi) is 12.7. The normalized spacial score (nSPS) is 11.8. The van der Waals surface area contributed by atoms with Gasteiger partial charge < -0.3 is 19.4 Å². The van der Waals surface area contributed by atoms with E-state index in [0.29, 0.717) is 35.8 Å². The standard InChI is InChI=1S/C16H22N2O4Si.C16H22N2O3Si/c1-23(2,3)9-8-22-11-18-14-7-5-4-6-12(14)16(21)13(17-18)10-15(19)20;1-22(2,3)11-10-21-12-18-15-7-5-4-6-13(15)16(20)14(17-18)8-9-19/h4-7H,8-11H2,1-3H3,(H,19,20);4-7,9H,8,10-12H2,1-3H3. The van der Waals surface area contributed by atoms with Gasteiger partial charge in [0.25, 0.3) is 0 Å². The van der Waals surface area contributed by atoms with Gasteiger partial charge in [0.1, 0.15) is 31.1 Å². The van der Waals surface area contributed by atoms with Gasteiger partial charge in [0, 0.05) is 40.1 Å². The molecule has 13 heteroatoms. The summed E-state index contributed by atoms with van der Waals surface area (Å²) in [5.74, 6) is -1.07. The second-order valence-corrected chi connectivity index (χ2v) is 24.5. The van der Waals surface area contributed by atoms with Crippen molar-refractivity contribution in [3.05, 3.63) is 80.4 Å². The number of hydrogen-bond donors (Lipinski definition) is 1. The predicted molar refractivity (Wildman–Crippen MR) is 181 cm³/mol. The Bertz CT molecular complexity index is 1740. The molecule has 45 heavy (non-hydrogen) atoms. The largest absolute Gasteiger partial charge is 0.481 e. The zero-order valence-corrected chi connectivity index (χ0v) is 29.0. The van der Waals surface area contributed by atoms with Crippen LogP contribution >= 0.6 is 0 Å². The molecule has 0 radical (unpaired) electrons. The molecule has 2 aromatic heterocycles. The number of carboxylic acid groups (broad SMARTS) is 1. The number of aromatic nitrogens is 4. The molecule has 0 aliphatic rings. The lowest BCUT2D eigenvalue weighted by molar-refractivity contribution is -0.136. The van der Waals surface area contributed by atoms with E-state index in [4.69, 9.17) is 14.6 Å². The quantitative estimate of drug-likeness (QED) is 0.116. The first-order valence-corrected chi connectivity index (χ1v) is 22.4. The second-order valence-electron chi connectivity index (χ2n) is 13.2. The van der Waals surface area contributed by atoms with Crippen molar-refractivity contribution in [1.29, 1.82) is 0 Å². The van der Waals surface area contributed by atoms with Crippen molar-refractivity contribution >= 4 is 50.2 Å². The zero-order chi connectivity index (χ0) is 33.2. The number of fused-ring (bicyclic) bond motifs is 2. The zero-order valence-electron chi connectivity index (χ0n) is 27.0. The smallest absolute Gasteiger partial charge is 0.309 e. The molecule has 0 fully saturated rings. The Morgan fingerprint density at radius 3 is 1.60 bits per heavy atom. The molecular formula is C32H44N4O7Si2. The number of carbonyl (C=O) groups is 2. The number of hydrogen-bond acceptors (Lipinski definition) is 8. The van der Waals surface area contributed by atoms with Crippen LogP contribution in [0.2, 0.25) is 51.4 Å². The highest BCUT2D eigenvalue weighted by atomic mass is 28.3. The van der Waals surface area contributed by atoms with Crippen LogP contribution in [0.3, 0.4) is 0 Å². The van der Waals surface area contributed by atoms with Gasteiger partial charge in [-0.15, -0.1) is 0 Å². The predicted octanol–water partition coefficient (Wildman–Crippen LogP) is 4.79. The summed E-state index contributed by atoms with van der Waals surface area (Å²) in [5, 5.41) is 18.4. The maximum atomic E-state index is 12.3. The fourth-order valence-electron chi connectivity index (χ4n) is 4.31. The number of nitrogens with zero attached hydrogens (tertiary/aromatic N) is 4. The molecule has 0 aliphatic heterocycles. The monoisotopic (exact) mass is 652 g/mol. The third-order valence-electron chi connectivity index (χ3n) is 6.88. The highest BCUT2D eigenvalue weighted by molar-refractivity contribution is 6.76. The van der Waals surface area contributed by atoms with Crippen molar-refractivity contribution in [3.63, 3.8) is 0 Å². The number of para-hydroxylation sites is 2. The van der Waals surface area contributed by atoms with E-state index in [2.05, 4.69) is 49.5 Å². The van der Waals surface area contributed by atoms with Crippen LogP contribution in [-0.4, -0.2) is 66.3 Å². The van der Waals surface area contributed by atoms with E-state index in [1.165, 1.54) is 0 Å². The van der Waals surface area contributed by atoms with Crippen LogP contribution in [-0.2, 0) is 45.4 Å². The van der Waals surface area contributed by atoms with Crippen molar-refractivity contribution in [3.8, 4) is 0 Å². The van der Waals surface area contributed by atoms with Gasteiger partial charge >= 0.3 is 5.97 Å². The molecule has 0 saturated heterocycles. The molecule has 0 unspecified atom stereocenters. The van der Waals surface area contributed by atoms with Gasteiger partial charge in [-0.25, -0.2) is 9.36 Å². The highest BCUT2D eigenvalue weighted by Crippen LogP contribution is 2.13. The molecule has 0 atom stereocenters. The Balaban J connectivity index is 0.000000246. The Morgan fingerprint density at radius 1 is 0.756 bits per heavy atom. The summed E-state index contributed by atoms with van der Waals surface area (Å²) in [6, 6.07) is 16.4. The fraction of sp³-hybridized carbons (Fsp3) is 0.438. The number of rotatable bonds is 14. The Hall–Kier alpha value is -3.79. The number of aldehydes is 1. The van der Waals surface area contributed by atoms with Crippen LogP contribution in [0.4, 0.5) is 0 Å².